The van der Waals surface area contributed by atoms with Crippen molar-refractivity contribution in [1.82, 2.24) is 0 Å². The van der Waals surface area contributed by atoms with Crippen molar-refractivity contribution in [3.63, 3.8) is 0 Å². The van der Waals surface area contributed by atoms with E-state index in [2.05, 4.69) is 13.6 Å². The Morgan fingerprint density at radius 3 is 2.62 bits per heavy atom. The Balaban J connectivity index is 2.30. The first-order valence-corrected chi connectivity index (χ1v) is 5.59. The van der Waals surface area contributed by atoms with E-state index in [1.54, 1.807) is 6.16 Å². The van der Waals surface area contributed by atoms with Crippen molar-refractivity contribution < 1.29 is 0 Å². The van der Waals surface area contributed by atoms with Crippen LogP contribution in [0.4, 0.5) is 0 Å². The Morgan fingerprint density at radius 1 is 1.62 bits per heavy atom. The number of rotatable bonds is 1. The van der Waals surface area contributed by atoms with Crippen LogP contribution < -0.4 is 0 Å². The molecule has 1 saturated heterocycles. The quantitative estimate of drug-likeness (QED) is 0.479. The van der Waals surface area contributed by atoms with Crippen LogP contribution in [0.25, 0.3) is 0 Å². The lowest BCUT2D eigenvalue weighted by atomic mass is 10.2. The average Bonchev–Trinajstić information content (AvgIpc) is 2.14. The molecule has 1 heterocycles. The Labute approximate surface area is 53.4 Å². The minimum absolute atomic E-state index is 0.471. The van der Waals surface area contributed by atoms with Gasteiger partial charge in [0.25, 0.3) is 0 Å². The highest BCUT2D eigenvalue weighted by Gasteiger charge is 2.19. The van der Waals surface area contributed by atoms with Crippen LogP contribution in [0.2, 0.25) is 0 Å². The minimum Gasteiger partial charge on any atom is -0.107 e. The Bertz CT molecular complexity index is 70.8. The maximum atomic E-state index is 2.45. The predicted octanol–water partition coefficient (Wildman–Crippen LogP) is 2.67. The van der Waals surface area contributed by atoms with Gasteiger partial charge in [-0.15, -0.1) is 7.92 Å². The molecule has 0 radical (unpaired) electrons. The third-order valence-electron chi connectivity index (χ3n) is 2.14. The van der Waals surface area contributed by atoms with E-state index in [-0.39, 0.29) is 0 Å². The van der Waals surface area contributed by atoms with Crippen molar-refractivity contribution in [3.05, 3.63) is 0 Å². The molecule has 1 fully saturated rings. The average molecular weight is 130 g/mol. The first-order chi connectivity index (χ1) is 3.84. The molecule has 48 valence electrons. The van der Waals surface area contributed by atoms with Crippen molar-refractivity contribution in [1.29, 1.82) is 0 Å². The van der Waals surface area contributed by atoms with Crippen LogP contribution in [0.1, 0.15) is 26.2 Å². The van der Waals surface area contributed by atoms with E-state index in [9.17, 15) is 0 Å². The highest BCUT2D eigenvalue weighted by Crippen LogP contribution is 2.47. The Kier molecular flexibility index (Phi) is 2.31. The van der Waals surface area contributed by atoms with Crippen LogP contribution in [-0.4, -0.2) is 18.5 Å². The second-order valence-electron chi connectivity index (χ2n) is 2.68. The molecule has 0 bridgehead atoms. The van der Waals surface area contributed by atoms with E-state index in [4.69, 9.17) is 0 Å². The van der Waals surface area contributed by atoms with Gasteiger partial charge in [0, 0.05) is 0 Å². The number of hydrogen-bond donors (Lipinski definition) is 0. The fourth-order valence-corrected chi connectivity index (χ4v) is 3.79. The molecule has 1 rings (SSSR count). The summed E-state index contributed by atoms with van der Waals surface area (Å²) in [6.45, 7) is 4.78. The van der Waals surface area contributed by atoms with E-state index in [0.29, 0.717) is 7.92 Å². The van der Waals surface area contributed by atoms with Crippen LogP contribution in [-0.2, 0) is 0 Å². The second-order valence-corrected chi connectivity index (χ2v) is 5.38. The molecule has 0 saturated carbocycles. The molecule has 0 nitrogen and oxygen atoms in total. The molecular formula is C7H15P. The summed E-state index contributed by atoms with van der Waals surface area (Å²) in [5.41, 5.74) is 1.13. The summed E-state index contributed by atoms with van der Waals surface area (Å²) in [5.74, 6) is 0. The predicted molar refractivity (Wildman–Crippen MR) is 41.0 cm³/mol. The van der Waals surface area contributed by atoms with E-state index in [1.807, 2.05) is 0 Å². The molecule has 1 aliphatic rings. The first kappa shape index (κ1) is 6.55. The topological polar surface area (TPSA) is 0 Å². The van der Waals surface area contributed by atoms with E-state index in [0.717, 1.165) is 5.66 Å². The summed E-state index contributed by atoms with van der Waals surface area (Å²) < 4.78 is 0. The molecule has 0 aromatic carbocycles. The highest BCUT2D eigenvalue weighted by molar-refractivity contribution is 7.57. The van der Waals surface area contributed by atoms with Gasteiger partial charge in [0.15, 0.2) is 0 Å². The first-order valence-electron chi connectivity index (χ1n) is 3.55. The lowest BCUT2D eigenvalue weighted by molar-refractivity contribution is 0.756. The Hall–Kier alpha value is 0.430. The monoisotopic (exact) mass is 130 g/mol. The van der Waals surface area contributed by atoms with Gasteiger partial charge in [-0.05, 0) is 37.7 Å². The van der Waals surface area contributed by atoms with Gasteiger partial charge in [0.2, 0.25) is 0 Å². The molecule has 1 unspecified atom stereocenters. The smallest absolute Gasteiger partial charge is 0.0214 e. The molecule has 0 aromatic rings. The van der Waals surface area contributed by atoms with Gasteiger partial charge in [-0.25, -0.2) is 0 Å². The maximum absolute atomic E-state index is 2.45. The van der Waals surface area contributed by atoms with Crippen LogP contribution in [0.15, 0.2) is 0 Å². The van der Waals surface area contributed by atoms with Crippen molar-refractivity contribution in [2.24, 2.45) is 0 Å². The summed E-state index contributed by atoms with van der Waals surface area (Å²) in [5, 5.41) is 0. The summed E-state index contributed by atoms with van der Waals surface area (Å²) in [4.78, 5) is 0. The molecule has 2 atom stereocenters. The molecule has 0 amide bonds. The molecule has 1 heteroatoms. The molecule has 0 aliphatic carbocycles. The van der Waals surface area contributed by atoms with Crippen LogP contribution in [0.3, 0.4) is 0 Å². The lowest BCUT2D eigenvalue weighted by Gasteiger charge is -2.11. The van der Waals surface area contributed by atoms with Gasteiger partial charge in [-0.1, -0.05) is 6.92 Å². The van der Waals surface area contributed by atoms with E-state index >= 15 is 0 Å². The normalized spacial score (nSPS) is 38.2. The molecule has 0 spiro atoms. The van der Waals surface area contributed by atoms with Crippen molar-refractivity contribution >= 4 is 7.92 Å². The number of hydrogen-bond acceptors (Lipinski definition) is 0. The fraction of sp³-hybridized carbons (Fsp3) is 1.00. The van der Waals surface area contributed by atoms with E-state index < -0.39 is 0 Å². The fourth-order valence-electron chi connectivity index (χ4n) is 1.50. The molecule has 0 N–H and O–H groups in total. The minimum atomic E-state index is 0.471. The zero-order chi connectivity index (χ0) is 5.98. The van der Waals surface area contributed by atoms with E-state index in [1.165, 1.54) is 19.3 Å². The summed E-state index contributed by atoms with van der Waals surface area (Å²) >= 11 is 0. The summed E-state index contributed by atoms with van der Waals surface area (Å²) in [7, 11) is 0.471. The van der Waals surface area contributed by atoms with Crippen LogP contribution in [0.5, 0.6) is 0 Å². The van der Waals surface area contributed by atoms with Gasteiger partial charge >= 0.3 is 0 Å². The lowest BCUT2D eigenvalue weighted by Crippen LogP contribution is -1.94. The van der Waals surface area contributed by atoms with Crippen molar-refractivity contribution in [2.45, 2.75) is 31.8 Å². The standard InChI is InChI=1S/C7H15P/c1-3-7-5-4-6-8(7)2/h7H,3-6H2,1-2H3/t7-,8?/m0/s1. The summed E-state index contributed by atoms with van der Waals surface area (Å²) in [6, 6.07) is 0. The van der Waals surface area contributed by atoms with Crippen LogP contribution >= 0.6 is 7.92 Å². The Morgan fingerprint density at radius 2 is 2.38 bits per heavy atom. The van der Waals surface area contributed by atoms with Crippen molar-refractivity contribution in [2.75, 3.05) is 12.8 Å². The molecular weight excluding hydrogens is 115 g/mol. The molecule has 1 aliphatic heterocycles. The third-order valence-corrected chi connectivity index (χ3v) is 5.03. The third kappa shape index (κ3) is 1.23. The van der Waals surface area contributed by atoms with Gasteiger partial charge in [0.05, 0.1) is 0 Å². The van der Waals surface area contributed by atoms with Crippen LogP contribution in [0, 0.1) is 0 Å². The maximum Gasteiger partial charge on any atom is -0.0214 e. The van der Waals surface area contributed by atoms with Gasteiger partial charge in [-0.3, -0.25) is 0 Å². The van der Waals surface area contributed by atoms with Gasteiger partial charge in [-0.2, -0.15) is 0 Å². The zero-order valence-electron chi connectivity index (χ0n) is 5.85. The van der Waals surface area contributed by atoms with Gasteiger partial charge in [0.1, 0.15) is 0 Å². The van der Waals surface area contributed by atoms with Crippen molar-refractivity contribution in [3.8, 4) is 0 Å². The highest BCUT2D eigenvalue weighted by atomic mass is 31.1. The SMILES string of the molecule is CC[C@H]1CCCP1C. The van der Waals surface area contributed by atoms with Gasteiger partial charge < -0.3 is 0 Å². The second kappa shape index (κ2) is 2.82. The molecule has 0 aromatic heterocycles. The molecule has 8 heavy (non-hydrogen) atoms. The summed E-state index contributed by atoms with van der Waals surface area (Å²) in [6.07, 6.45) is 6.02. The zero-order valence-corrected chi connectivity index (χ0v) is 6.75. The largest absolute Gasteiger partial charge is 0.107 e.